The Morgan fingerprint density at radius 2 is 1.54 bits per heavy atom. The van der Waals surface area contributed by atoms with Gasteiger partial charge < -0.3 is 14.2 Å². The van der Waals surface area contributed by atoms with E-state index >= 15 is 0 Å². The molecule has 1 aromatic carbocycles. The maximum absolute atomic E-state index is 13.3. The van der Waals surface area contributed by atoms with Crippen LogP contribution in [0.15, 0.2) is 29.4 Å². The van der Waals surface area contributed by atoms with Crippen LogP contribution in [0.2, 0.25) is 0 Å². The van der Waals surface area contributed by atoms with Gasteiger partial charge in [0, 0.05) is 12.6 Å². The molecule has 0 spiro atoms. The van der Waals surface area contributed by atoms with Crippen LogP contribution in [0.3, 0.4) is 0 Å². The fraction of sp³-hybridized carbons (Fsp3) is 0.545. The van der Waals surface area contributed by atoms with Crippen molar-refractivity contribution in [1.82, 2.24) is 10.1 Å². The van der Waals surface area contributed by atoms with E-state index in [-0.39, 0.29) is 11.3 Å². The number of benzene rings is 1. The van der Waals surface area contributed by atoms with Gasteiger partial charge in [-0.25, -0.2) is 14.6 Å². The predicted molar refractivity (Wildman–Crippen MR) is 116 cm³/mol. The molecule has 1 aliphatic rings. The van der Waals surface area contributed by atoms with E-state index in [4.69, 9.17) is 14.3 Å². The molecule has 35 heavy (non-hydrogen) atoms. The van der Waals surface area contributed by atoms with Gasteiger partial charge in [0.15, 0.2) is 0 Å². The van der Waals surface area contributed by atoms with Gasteiger partial charge in [-0.1, -0.05) is 12.1 Å². The van der Waals surface area contributed by atoms with E-state index in [0.29, 0.717) is 5.06 Å². The highest BCUT2D eigenvalue weighted by molar-refractivity contribution is 6.25. The summed E-state index contributed by atoms with van der Waals surface area (Å²) < 4.78 is 53.6. The van der Waals surface area contributed by atoms with Gasteiger partial charge in [0.25, 0.3) is 5.91 Å². The van der Waals surface area contributed by atoms with Crippen molar-refractivity contribution < 1.29 is 46.6 Å². The van der Waals surface area contributed by atoms with Gasteiger partial charge in [0.2, 0.25) is 5.54 Å². The van der Waals surface area contributed by atoms with Gasteiger partial charge in [0.05, 0.1) is 0 Å². The summed E-state index contributed by atoms with van der Waals surface area (Å²) in [6.45, 7) is 10.4. The number of para-hydroxylation sites is 1. The van der Waals surface area contributed by atoms with Crippen molar-refractivity contribution in [2.24, 2.45) is 5.10 Å². The summed E-state index contributed by atoms with van der Waals surface area (Å²) in [5.74, 6) is -1.58. The first-order valence-corrected chi connectivity index (χ1v) is 10.4. The van der Waals surface area contributed by atoms with Crippen LogP contribution < -0.4 is 4.74 Å². The van der Waals surface area contributed by atoms with Crippen molar-refractivity contribution in [3.63, 3.8) is 0 Å². The minimum atomic E-state index is -5.06. The number of hydrogen-bond donors (Lipinski definition) is 0. The largest absolute Gasteiger partial charge is 0.573 e. The highest BCUT2D eigenvalue weighted by Crippen LogP contribution is 2.36. The van der Waals surface area contributed by atoms with Crippen LogP contribution in [0.5, 0.6) is 5.75 Å². The number of carbonyl (C=O) groups excluding carboxylic acids is 3. The van der Waals surface area contributed by atoms with Gasteiger partial charge >= 0.3 is 18.6 Å². The third-order valence-corrected chi connectivity index (χ3v) is 4.31. The number of rotatable bonds is 3. The molecule has 13 heteroatoms. The van der Waals surface area contributed by atoms with E-state index in [2.05, 4.69) is 9.84 Å². The van der Waals surface area contributed by atoms with Crippen molar-refractivity contribution in [3.05, 3.63) is 29.8 Å². The normalized spacial score (nSPS) is 18.7. The SMILES string of the molecule is CN1N=C(c2ccccc2OC(F)(F)F)C(C)(N(OC(=O)OC(C)(C)C)C(=O)OC(C)(C)C)C1=O. The summed E-state index contributed by atoms with van der Waals surface area (Å²) in [5.41, 5.74) is -5.01. The number of nitrogens with zero attached hydrogens (tertiary/aromatic N) is 3. The van der Waals surface area contributed by atoms with Gasteiger partial charge in [-0.2, -0.15) is 5.10 Å². The second kappa shape index (κ2) is 9.27. The Balaban J connectivity index is 2.66. The summed E-state index contributed by atoms with van der Waals surface area (Å²) in [4.78, 5) is 44.0. The monoisotopic (exact) mass is 503 g/mol. The molecule has 0 saturated carbocycles. The maximum Gasteiger partial charge on any atom is 0.573 e. The average Bonchev–Trinajstić information content (AvgIpc) is 2.87. The Labute approximate surface area is 200 Å². The Kier molecular flexibility index (Phi) is 7.34. The fourth-order valence-electron chi connectivity index (χ4n) is 3.04. The Bertz CT molecular complexity index is 1030. The number of hydrazone groups is 1. The molecule has 0 saturated heterocycles. The van der Waals surface area contributed by atoms with E-state index in [1.165, 1.54) is 46.0 Å². The number of hydrogen-bond acceptors (Lipinski definition) is 8. The van der Waals surface area contributed by atoms with Crippen LogP contribution in [0.4, 0.5) is 22.8 Å². The lowest BCUT2D eigenvalue weighted by molar-refractivity contribution is -0.274. The van der Waals surface area contributed by atoms with E-state index < -0.39 is 47.0 Å². The Morgan fingerprint density at radius 3 is 2.06 bits per heavy atom. The highest BCUT2D eigenvalue weighted by atomic mass is 19.4. The Morgan fingerprint density at radius 1 is 1.00 bits per heavy atom. The smallest absolute Gasteiger partial charge is 0.442 e. The number of ether oxygens (including phenoxy) is 3. The van der Waals surface area contributed by atoms with Gasteiger partial charge in [0.1, 0.15) is 22.7 Å². The molecule has 0 aliphatic carbocycles. The topological polar surface area (TPSA) is 107 Å². The van der Waals surface area contributed by atoms with E-state index in [0.717, 1.165) is 18.0 Å². The Hall–Kier alpha value is -3.51. The quantitative estimate of drug-likeness (QED) is 0.437. The molecule has 0 N–H and O–H groups in total. The first-order valence-electron chi connectivity index (χ1n) is 10.4. The van der Waals surface area contributed by atoms with Crippen LogP contribution >= 0.6 is 0 Å². The van der Waals surface area contributed by atoms with Crippen molar-refractivity contribution in [2.75, 3.05) is 7.05 Å². The molecule has 0 aromatic heterocycles. The first kappa shape index (κ1) is 27.7. The molecular formula is C22H28F3N3O7. The molecule has 0 bridgehead atoms. The first-order chi connectivity index (χ1) is 15.7. The van der Waals surface area contributed by atoms with E-state index in [9.17, 15) is 27.6 Å². The minimum absolute atomic E-state index is 0.272. The number of alkyl halides is 3. The third-order valence-electron chi connectivity index (χ3n) is 4.31. The van der Waals surface area contributed by atoms with Crippen LogP contribution in [0, 0.1) is 0 Å². The van der Waals surface area contributed by atoms with Gasteiger partial charge in [-0.05, 0) is 60.6 Å². The predicted octanol–water partition coefficient (Wildman–Crippen LogP) is 4.62. The lowest BCUT2D eigenvalue weighted by Gasteiger charge is -2.36. The molecule has 1 unspecified atom stereocenters. The van der Waals surface area contributed by atoms with Crippen LogP contribution in [0.1, 0.15) is 54.0 Å². The standard InChI is InChI=1S/C22H28F3N3O7/c1-19(2,3)33-17(30)28(35-18(31)34-20(4,5)6)21(7)15(26-27(8)16(21)29)13-11-9-10-12-14(13)32-22(23,24)25/h9-12H,1-8H3. The summed E-state index contributed by atoms with van der Waals surface area (Å²) in [6, 6.07) is 4.90. The molecule has 0 radical (unpaired) electrons. The van der Waals surface area contributed by atoms with Gasteiger partial charge in [-0.15, -0.1) is 18.2 Å². The number of likely N-dealkylation sites (N-methyl/N-ethyl adjacent to an activating group) is 1. The van der Waals surface area contributed by atoms with Gasteiger partial charge in [-0.3, -0.25) is 9.63 Å². The zero-order valence-electron chi connectivity index (χ0n) is 20.6. The minimum Gasteiger partial charge on any atom is -0.442 e. The van der Waals surface area contributed by atoms with Crippen molar-refractivity contribution in [3.8, 4) is 5.75 Å². The number of hydroxylamine groups is 2. The lowest BCUT2D eigenvalue weighted by atomic mass is 9.89. The number of halogens is 3. The second-order valence-electron chi connectivity index (χ2n) is 9.72. The molecule has 2 amide bonds. The molecule has 194 valence electrons. The molecule has 1 aliphatic heterocycles. The molecule has 2 rings (SSSR count). The van der Waals surface area contributed by atoms with Crippen LogP contribution in [-0.2, 0) is 19.1 Å². The zero-order valence-corrected chi connectivity index (χ0v) is 20.6. The fourth-order valence-corrected chi connectivity index (χ4v) is 3.04. The van der Waals surface area contributed by atoms with Crippen molar-refractivity contribution >= 4 is 23.9 Å². The summed E-state index contributed by atoms with van der Waals surface area (Å²) in [7, 11) is 1.22. The molecule has 1 atom stereocenters. The third kappa shape index (κ3) is 6.76. The van der Waals surface area contributed by atoms with E-state index in [1.54, 1.807) is 20.8 Å². The molecule has 10 nitrogen and oxygen atoms in total. The van der Waals surface area contributed by atoms with E-state index in [1.807, 2.05) is 0 Å². The molecule has 1 aromatic rings. The summed E-state index contributed by atoms with van der Waals surface area (Å²) in [6.07, 6.45) is -7.69. The summed E-state index contributed by atoms with van der Waals surface area (Å²) in [5, 5.41) is 5.14. The number of amides is 2. The highest BCUT2D eigenvalue weighted by Gasteiger charge is 2.57. The number of carbonyl (C=O) groups is 3. The van der Waals surface area contributed by atoms with Crippen LogP contribution in [-0.4, -0.2) is 64.1 Å². The van der Waals surface area contributed by atoms with Crippen molar-refractivity contribution in [1.29, 1.82) is 0 Å². The molecule has 1 heterocycles. The lowest BCUT2D eigenvalue weighted by Crippen LogP contribution is -2.61. The summed E-state index contributed by atoms with van der Waals surface area (Å²) >= 11 is 0. The zero-order chi connectivity index (χ0) is 27.0. The van der Waals surface area contributed by atoms with Crippen molar-refractivity contribution in [2.45, 2.75) is 71.6 Å². The molecular weight excluding hydrogens is 475 g/mol. The maximum atomic E-state index is 13.3. The molecule has 0 fully saturated rings. The second-order valence-corrected chi connectivity index (χ2v) is 9.72. The van der Waals surface area contributed by atoms with Crippen LogP contribution in [0.25, 0.3) is 0 Å². The average molecular weight is 503 g/mol.